The second kappa shape index (κ2) is 9.11. The van der Waals surface area contributed by atoms with E-state index in [-0.39, 0.29) is 17.8 Å². The van der Waals surface area contributed by atoms with E-state index in [0.29, 0.717) is 6.54 Å². The Kier molecular flexibility index (Phi) is 5.77. The van der Waals surface area contributed by atoms with Gasteiger partial charge < -0.3 is 9.72 Å². The van der Waals surface area contributed by atoms with E-state index in [2.05, 4.69) is 108 Å². The number of para-hydroxylation sites is 1. The average Bonchev–Trinajstić information content (AvgIpc) is 3.51. The summed E-state index contributed by atoms with van der Waals surface area (Å²) in [4.78, 5) is 19.9. The summed E-state index contributed by atoms with van der Waals surface area (Å²) in [5.41, 5.74) is 6.63. The van der Waals surface area contributed by atoms with E-state index in [1.807, 2.05) is 0 Å². The fourth-order valence-electron chi connectivity index (χ4n) is 6.65. The van der Waals surface area contributed by atoms with Crippen LogP contribution in [0.2, 0.25) is 0 Å². The summed E-state index contributed by atoms with van der Waals surface area (Å²) in [6.07, 6.45) is 5.30. The van der Waals surface area contributed by atoms with Crippen LogP contribution in [-0.4, -0.2) is 36.1 Å². The van der Waals surface area contributed by atoms with Crippen molar-refractivity contribution in [1.82, 2.24) is 9.88 Å². The van der Waals surface area contributed by atoms with Crippen LogP contribution < -0.4 is 0 Å². The van der Waals surface area contributed by atoms with E-state index in [1.165, 1.54) is 33.2 Å². The SMILES string of the molecule is COC(=O)C12CN(Cc3ccccc3)CC1C(c1ccc(C)cc1)=CCC2c1c[nH]c2ccccc12. The van der Waals surface area contributed by atoms with Gasteiger partial charge in [0, 0.05) is 48.6 Å². The number of allylic oxidation sites excluding steroid dienone is 1. The van der Waals surface area contributed by atoms with Gasteiger partial charge in [0.25, 0.3) is 0 Å². The van der Waals surface area contributed by atoms with Gasteiger partial charge in [-0.3, -0.25) is 9.69 Å². The highest BCUT2D eigenvalue weighted by Crippen LogP contribution is 2.58. The van der Waals surface area contributed by atoms with Gasteiger partial charge in [-0.15, -0.1) is 0 Å². The topological polar surface area (TPSA) is 45.3 Å². The molecule has 1 aliphatic carbocycles. The van der Waals surface area contributed by atoms with Gasteiger partial charge in [0.05, 0.1) is 12.5 Å². The highest BCUT2D eigenvalue weighted by atomic mass is 16.5. The Balaban J connectivity index is 1.50. The lowest BCUT2D eigenvalue weighted by Gasteiger charge is -2.43. The first kappa shape index (κ1) is 22.8. The van der Waals surface area contributed by atoms with Crippen LogP contribution in [0.1, 0.15) is 34.6 Å². The molecule has 2 heterocycles. The maximum absolute atomic E-state index is 14.0. The number of aromatic nitrogens is 1. The van der Waals surface area contributed by atoms with E-state index in [4.69, 9.17) is 4.74 Å². The van der Waals surface area contributed by atoms with Crippen molar-refractivity contribution in [2.45, 2.75) is 25.8 Å². The lowest BCUT2D eigenvalue weighted by Crippen LogP contribution is -2.47. The van der Waals surface area contributed by atoms with Crippen LogP contribution in [0.4, 0.5) is 0 Å². The number of methoxy groups -OCH3 is 1. The minimum Gasteiger partial charge on any atom is -0.469 e. The van der Waals surface area contributed by atoms with Gasteiger partial charge in [0.15, 0.2) is 0 Å². The van der Waals surface area contributed by atoms with Crippen molar-refractivity contribution in [1.29, 1.82) is 0 Å². The van der Waals surface area contributed by atoms with Crippen molar-refractivity contribution in [2.24, 2.45) is 11.3 Å². The zero-order chi connectivity index (χ0) is 24.7. The van der Waals surface area contributed by atoms with E-state index >= 15 is 0 Å². The lowest BCUT2D eigenvalue weighted by atomic mass is 9.58. The first-order chi connectivity index (χ1) is 17.6. The van der Waals surface area contributed by atoms with Gasteiger partial charge >= 0.3 is 5.97 Å². The second-order valence-electron chi connectivity index (χ2n) is 10.3. The van der Waals surface area contributed by atoms with Crippen molar-refractivity contribution in [3.63, 3.8) is 0 Å². The number of benzene rings is 3. The highest BCUT2D eigenvalue weighted by molar-refractivity contribution is 5.89. The number of aryl methyl sites for hydroxylation is 1. The summed E-state index contributed by atoms with van der Waals surface area (Å²) in [5, 5.41) is 1.19. The van der Waals surface area contributed by atoms with Crippen molar-refractivity contribution < 1.29 is 9.53 Å². The first-order valence-electron chi connectivity index (χ1n) is 12.8. The number of esters is 1. The number of aromatic amines is 1. The number of nitrogens with one attached hydrogen (secondary N) is 1. The molecule has 4 nitrogen and oxygen atoms in total. The van der Waals surface area contributed by atoms with Gasteiger partial charge in [-0.1, -0.05) is 84.4 Å². The second-order valence-corrected chi connectivity index (χ2v) is 10.3. The summed E-state index contributed by atoms with van der Waals surface area (Å²) < 4.78 is 5.63. The number of carbonyl (C=O) groups is 1. The number of hydrogen-bond donors (Lipinski definition) is 1. The van der Waals surface area contributed by atoms with E-state index in [9.17, 15) is 4.79 Å². The van der Waals surface area contributed by atoms with E-state index < -0.39 is 5.41 Å². The third-order valence-electron chi connectivity index (χ3n) is 8.31. The number of hydrogen-bond acceptors (Lipinski definition) is 3. The van der Waals surface area contributed by atoms with Crippen LogP contribution in [0, 0.1) is 18.3 Å². The molecule has 182 valence electrons. The molecule has 1 aromatic heterocycles. The summed E-state index contributed by atoms with van der Waals surface area (Å²) >= 11 is 0. The molecule has 1 saturated heterocycles. The molecule has 1 aliphatic heterocycles. The lowest BCUT2D eigenvalue weighted by molar-refractivity contribution is -0.155. The zero-order valence-corrected chi connectivity index (χ0v) is 20.9. The summed E-state index contributed by atoms with van der Waals surface area (Å²) in [6, 6.07) is 27.7. The Morgan fingerprint density at radius 1 is 1.00 bits per heavy atom. The number of carbonyl (C=O) groups excluding carboxylic acids is 1. The Bertz CT molecular complexity index is 1420. The number of fused-ring (bicyclic) bond motifs is 2. The number of likely N-dealkylation sites (tertiary alicyclic amines) is 1. The van der Waals surface area contributed by atoms with Crippen LogP contribution in [0.15, 0.2) is 91.1 Å². The third kappa shape index (κ3) is 3.68. The third-order valence-corrected chi connectivity index (χ3v) is 8.31. The summed E-state index contributed by atoms with van der Waals surface area (Å²) in [7, 11) is 1.55. The molecular weight excluding hydrogens is 444 g/mol. The van der Waals surface area contributed by atoms with Crippen LogP contribution in [0.3, 0.4) is 0 Å². The smallest absolute Gasteiger partial charge is 0.314 e. The molecule has 3 aromatic carbocycles. The number of rotatable bonds is 5. The maximum atomic E-state index is 14.0. The number of ether oxygens (including phenoxy) is 1. The normalized spacial score (nSPS) is 23.9. The van der Waals surface area contributed by atoms with Crippen LogP contribution in [-0.2, 0) is 16.1 Å². The fourth-order valence-corrected chi connectivity index (χ4v) is 6.65. The molecule has 0 radical (unpaired) electrons. The average molecular weight is 477 g/mol. The zero-order valence-electron chi connectivity index (χ0n) is 20.9. The van der Waals surface area contributed by atoms with E-state index in [0.717, 1.165) is 25.0 Å². The van der Waals surface area contributed by atoms with Gasteiger partial charge in [0.1, 0.15) is 0 Å². The predicted molar refractivity (Wildman–Crippen MR) is 144 cm³/mol. The molecule has 4 aromatic rings. The molecule has 3 atom stereocenters. The van der Waals surface area contributed by atoms with Gasteiger partial charge in [-0.25, -0.2) is 0 Å². The molecule has 3 unspecified atom stereocenters. The van der Waals surface area contributed by atoms with Crippen molar-refractivity contribution >= 4 is 22.4 Å². The largest absolute Gasteiger partial charge is 0.469 e. The minimum absolute atomic E-state index is 0.0288. The van der Waals surface area contributed by atoms with Crippen LogP contribution in [0.5, 0.6) is 0 Å². The Labute approximate surface area is 212 Å². The fraction of sp³-hybridized carbons (Fsp3) is 0.281. The molecule has 36 heavy (non-hydrogen) atoms. The Morgan fingerprint density at radius 2 is 1.75 bits per heavy atom. The molecule has 4 heteroatoms. The van der Waals surface area contributed by atoms with Crippen LogP contribution >= 0.6 is 0 Å². The standard InChI is InChI=1S/C32H32N2O2/c1-22-12-14-24(15-13-22)25-16-17-28(27-18-33-30-11-7-6-10-26(27)30)32(31(35)36-2)21-34(20-29(25)32)19-23-8-4-3-5-9-23/h3-16,18,28-29,33H,17,19-21H2,1-2H3. The van der Waals surface area contributed by atoms with Crippen molar-refractivity contribution in [3.05, 3.63) is 113 Å². The highest BCUT2D eigenvalue weighted by Gasteiger charge is 2.60. The summed E-state index contributed by atoms with van der Waals surface area (Å²) in [6.45, 7) is 4.43. The Morgan fingerprint density at radius 3 is 2.53 bits per heavy atom. The quantitative estimate of drug-likeness (QED) is 0.342. The molecule has 2 aliphatic rings. The number of nitrogens with zero attached hydrogens (tertiary/aromatic N) is 1. The maximum Gasteiger partial charge on any atom is 0.314 e. The van der Waals surface area contributed by atoms with Crippen LogP contribution in [0.25, 0.3) is 16.5 Å². The molecule has 0 saturated carbocycles. The molecule has 0 bridgehead atoms. The van der Waals surface area contributed by atoms with Gasteiger partial charge in [-0.05, 0) is 41.7 Å². The van der Waals surface area contributed by atoms with Gasteiger partial charge in [0.2, 0.25) is 0 Å². The van der Waals surface area contributed by atoms with Crippen molar-refractivity contribution in [3.8, 4) is 0 Å². The first-order valence-corrected chi connectivity index (χ1v) is 12.8. The minimum atomic E-state index is -0.663. The van der Waals surface area contributed by atoms with Crippen molar-refractivity contribution in [2.75, 3.05) is 20.2 Å². The van der Waals surface area contributed by atoms with Gasteiger partial charge in [-0.2, -0.15) is 0 Å². The van der Waals surface area contributed by atoms with E-state index in [1.54, 1.807) is 7.11 Å². The number of H-pyrrole nitrogens is 1. The molecular formula is C32H32N2O2. The summed E-state index contributed by atoms with van der Waals surface area (Å²) in [5.74, 6) is -0.0269. The molecule has 0 spiro atoms. The predicted octanol–water partition coefficient (Wildman–Crippen LogP) is 6.34. The molecule has 1 fully saturated rings. The Hall–Kier alpha value is -3.63. The molecule has 0 amide bonds. The molecule has 1 N–H and O–H groups in total. The monoisotopic (exact) mass is 476 g/mol. The molecule has 6 rings (SSSR count).